The van der Waals surface area contributed by atoms with Crippen LogP contribution in [-0.2, 0) is 26.5 Å². The Morgan fingerprint density at radius 2 is 0.974 bits per heavy atom. The maximum atomic E-state index is 5.00. The molecule has 8 nitrogen and oxygen atoms in total. The van der Waals surface area contributed by atoms with Gasteiger partial charge in [0.05, 0.1) is 11.4 Å². The fourth-order valence-corrected chi connectivity index (χ4v) is 4.21. The topological polar surface area (TPSA) is 87.2 Å². The molecule has 38 heavy (non-hydrogen) atoms. The third-order valence-electron chi connectivity index (χ3n) is 6.27. The molecule has 4 aromatic heterocycles. The minimum absolute atomic E-state index is 0. The molecule has 188 valence electrons. The van der Waals surface area contributed by atoms with Crippen molar-refractivity contribution in [1.29, 1.82) is 0 Å². The first kappa shape index (κ1) is 25.4. The van der Waals surface area contributed by atoms with Gasteiger partial charge in [-0.25, -0.2) is 19.6 Å². The number of para-hydroxylation sites is 2. The maximum Gasteiger partial charge on any atom is 2.00 e. The summed E-state index contributed by atoms with van der Waals surface area (Å²) < 4.78 is 3.48. The van der Waals surface area contributed by atoms with Gasteiger partial charge in [0.2, 0.25) is 0 Å². The van der Waals surface area contributed by atoms with Crippen LogP contribution in [0, 0.1) is 12.4 Å². The molecule has 6 rings (SSSR count). The predicted molar refractivity (Wildman–Crippen MR) is 139 cm³/mol. The molecule has 4 heterocycles. The van der Waals surface area contributed by atoms with Crippen molar-refractivity contribution >= 4 is 0 Å². The predicted octanol–water partition coefficient (Wildman–Crippen LogP) is 4.90. The van der Waals surface area contributed by atoms with Gasteiger partial charge in [-0.3, -0.25) is 0 Å². The van der Waals surface area contributed by atoms with Crippen molar-refractivity contribution in [3.05, 3.63) is 121 Å². The summed E-state index contributed by atoms with van der Waals surface area (Å²) in [6.07, 6.45) is 5.98. The van der Waals surface area contributed by atoms with Crippen molar-refractivity contribution in [1.82, 2.24) is 40.0 Å². The van der Waals surface area contributed by atoms with Crippen molar-refractivity contribution in [2.24, 2.45) is 0 Å². The van der Waals surface area contributed by atoms with Gasteiger partial charge in [0.25, 0.3) is 0 Å². The van der Waals surface area contributed by atoms with Gasteiger partial charge < -0.3 is 9.97 Å². The smallest absolute Gasteiger partial charge is 0.345 e. The van der Waals surface area contributed by atoms with E-state index in [1.54, 1.807) is 9.36 Å². The van der Waals surface area contributed by atoms with E-state index in [9.17, 15) is 0 Å². The van der Waals surface area contributed by atoms with Crippen molar-refractivity contribution in [3.63, 3.8) is 0 Å². The molecule has 0 aliphatic rings. The van der Waals surface area contributed by atoms with E-state index in [0.29, 0.717) is 11.4 Å². The minimum Gasteiger partial charge on any atom is -0.345 e. The zero-order valence-electron chi connectivity index (χ0n) is 20.6. The van der Waals surface area contributed by atoms with E-state index in [1.807, 2.05) is 97.1 Å². The standard InChI is InChI=1S/C29H22N8.Pt/c1-29(2,27-17-9-15-23(32-27)25-19-30-34-36(25)21-11-5-3-6-12-21)28-18-10-16-24(33-28)26-20-31-35-37(26)22-13-7-4-8-14-22;/h3-18H,1-2H3;/q-2;+2. The third-order valence-corrected chi connectivity index (χ3v) is 6.27. The average Bonchev–Trinajstić information content (AvgIpc) is 3.65. The van der Waals surface area contributed by atoms with Crippen LogP contribution in [0.25, 0.3) is 34.2 Å². The first-order valence-corrected chi connectivity index (χ1v) is 11.8. The molecule has 0 amide bonds. The van der Waals surface area contributed by atoms with Crippen molar-refractivity contribution in [2.45, 2.75) is 19.3 Å². The van der Waals surface area contributed by atoms with E-state index >= 15 is 0 Å². The van der Waals surface area contributed by atoms with E-state index in [-0.39, 0.29) is 21.1 Å². The zero-order chi connectivity index (χ0) is 25.2. The molecule has 0 aliphatic carbocycles. The molecule has 0 N–H and O–H groups in total. The average molecular weight is 678 g/mol. The van der Waals surface area contributed by atoms with Gasteiger partial charge in [-0.05, 0) is 50.2 Å². The Morgan fingerprint density at radius 3 is 1.39 bits per heavy atom. The Balaban J connectivity index is 0.00000294. The number of rotatable bonds is 6. The van der Waals surface area contributed by atoms with Crippen LogP contribution in [0.4, 0.5) is 0 Å². The molecule has 0 saturated carbocycles. The van der Waals surface area contributed by atoms with E-state index < -0.39 is 5.41 Å². The molecule has 2 aromatic carbocycles. The summed E-state index contributed by atoms with van der Waals surface area (Å²) in [5.41, 5.74) is 5.87. The Labute approximate surface area is 234 Å². The summed E-state index contributed by atoms with van der Waals surface area (Å²) in [7, 11) is 0. The Kier molecular flexibility index (Phi) is 7.07. The van der Waals surface area contributed by atoms with Gasteiger partial charge in [0, 0.05) is 16.8 Å². The maximum absolute atomic E-state index is 5.00. The van der Waals surface area contributed by atoms with E-state index in [2.05, 4.69) is 46.9 Å². The molecular weight excluding hydrogens is 655 g/mol. The van der Waals surface area contributed by atoms with Crippen LogP contribution in [-0.4, -0.2) is 40.0 Å². The van der Waals surface area contributed by atoms with Gasteiger partial charge in [0.1, 0.15) is 0 Å². The van der Waals surface area contributed by atoms with Crippen molar-refractivity contribution in [2.75, 3.05) is 0 Å². The minimum atomic E-state index is -0.498. The normalized spacial score (nSPS) is 11.2. The quantitative estimate of drug-likeness (QED) is 0.234. The summed E-state index contributed by atoms with van der Waals surface area (Å²) in [5.74, 6) is 0. The Morgan fingerprint density at radius 1 is 0.553 bits per heavy atom. The van der Waals surface area contributed by atoms with E-state index in [1.165, 1.54) is 0 Å². The first-order chi connectivity index (χ1) is 18.1. The van der Waals surface area contributed by atoms with Crippen LogP contribution < -0.4 is 0 Å². The first-order valence-electron chi connectivity index (χ1n) is 11.8. The SMILES string of the molecule is CC(C)(c1cccc(-c2[c-]nnn2-c2ccccc2)n1)c1cccc(-c2[c-]nnn2-c2ccccc2)n1.[Pt+2]. The summed E-state index contributed by atoms with van der Waals surface area (Å²) in [4.78, 5) is 9.99. The number of aromatic nitrogens is 8. The summed E-state index contributed by atoms with van der Waals surface area (Å²) >= 11 is 0. The van der Waals surface area contributed by atoms with Gasteiger partial charge in [-0.1, -0.05) is 94.1 Å². The van der Waals surface area contributed by atoms with Crippen LogP contribution in [0.2, 0.25) is 0 Å². The number of nitrogens with zero attached hydrogens (tertiary/aromatic N) is 8. The molecule has 0 fully saturated rings. The molecule has 6 aromatic rings. The van der Waals surface area contributed by atoms with Gasteiger partial charge >= 0.3 is 21.1 Å². The monoisotopic (exact) mass is 677 g/mol. The summed E-state index contributed by atoms with van der Waals surface area (Å²) in [6.45, 7) is 4.22. The second-order valence-electron chi connectivity index (χ2n) is 9.04. The molecule has 0 aliphatic heterocycles. The molecule has 0 saturated heterocycles. The van der Waals surface area contributed by atoms with Gasteiger partial charge in [-0.15, -0.1) is 12.1 Å². The van der Waals surface area contributed by atoms with Crippen LogP contribution in [0.15, 0.2) is 97.1 Å². The van der Waals surface area contributed by atoms with Crippen LogP contribution in [0.5, 0.6) is 0 Å². The van der Waals surface area contributed by atoms with Gasteiger partial charge in [0.15, 0.2) is 0 Å². The van der Waals surface area contributed by atoms with Crippen LogP contribution in [0.3, 0.4) is 0 Å². The fraction of sp³-hybridized carbons (Fsp3) is 0.103. The molecular formula is C29H22N8Pt. The Bertz CT molecular complexity index is 1540. The van der Waals surface area contributed by atoms with Crippen LogP contribution >= 0.6 is 0 Å². The number of hydrogen-bond acceptors (Lipinski definition) is 6. The van der Waals surface area contributed by atoms with Crippen molar-refractivity contribution in [3.8, 4) is 34.2 Å². The van der Waals surface area contributed by atoms with Crippen molar-refractivity contribution < 1.29 is 21.1 Å². The second kappa shape index (κ2) is 10.6. The van der Waals surface area contributed by atoms with Crippen LogP contribution in [0.1, 0.15) is 25.2 Å². The fourth-order valence-electron chi connectivity index (χ4n) is 4.21. The summed E-state index contributed by atoms with van der Waals surface area (Å²) in [6, 6.07) is 31.5. The number of benzene rings is 2. The summed E-state index contributed by atoms with van der Waals surface area (Å²) in [5, 5.41) is 16.5. The third kappa shape index (κ3) is 4.71. The van der Waals surface area contributed by atoms with E-state index in [4.69, 9.17) is 9.97 Å². The number of hydrogen-bond donors (Lipinski definition) is 0. The largest absolute Gasteiger partial charge is 2.00 e. The molecule has 0 bridgehead atoms. The molecule has 0 radical (unpaired) electrons. The molecule has 0 unspecified atom stereocenters. The molecule has 9 heteroatoms. The molecule has 0 spiro atoms. The Hall–Kier alpha value is -4.29. The van der Waals surface area contributed by atoms with Gasteiger partial charge in [-0.2, -0.15) is 0 Å². The second-order valence-corrected chi connectivity index (χ2v) is 9.04. The number of pyridine rings is 2. The molecule has 0 atom stereocenters. The zero-order valence-corrected chi connectivity index (χ0v) is 22.9. The van der Waals surface area contributed by atoms with E-state index in [0.717, 1.165) is 34.2 Å².